The van der Waals surface area contributed by atoms with Gasteiger partial charge >= 0.3 is 0 Å². The largest absolute Gasteiger partial charge is 0.336 e. The number of nitrogens with zero attached hydrogens (tertiary/aromatic N) is 2. The van der Waals surface area contributed by atoms with Crippen molar-refractivity contribution in [2.45, 2.75) is 30.3 Å². The molecule has 1 atom stereocenters. The van der Waals surface area contributed by atoms with Gasteiger partial charge in [0.15, 0.2) is 0 Å². The van der Waals surface area contributed by atoms with Crippen LogP contribution < -0.4 is 10.5 Å². The first-order valence-corrected chi connectivity index (χ1v) is 8.08. The Morgan fingerprint density at radius 2 is 2.32 bits per heavy atom. The summed E-state index contributed by atoms with van der Waals surface area (Å²) in [5.74, 6) is 0. The van der Waals surface area contributed by atoms with Crippen LogP contribution in [0.3, 0.4) is 0 Å². The van der Waals surface area contributed by atoms with Gasteiger partial charge in [-0.25, -0.2) is 18.1 Å². The average molecular weight is 300 g/mol. The average Bonchev–Trinajstić information content (AvgIpc) is 2.97. The molecule has 0 spiro atoms. The van der Waals surface area contributed by atoms with E-state index in [0.717, 1.165) is 4.88 Å². The molecule has 6 nitrogen and oxygen atoms in total. The summed E-state index contributed by atoms with van der Waals surface area (Å²) in [4.78, 5) is 4.77. The Morgan fingerprint density at radius 3 is 2.89 bits per heavy atom. The Bertz CT molecular complexity index is 619. The van der Waals surface area contributed by atoms with E-state index in [0.29, 0.717) is 17.3 Å². The van der Waals surface area contributed by atoms with E-state index >= 15 is 0 Å². The van der Waals surface area contributed by atoms with E-state index in [-0.39, 0.29) is 6.04 Å². The molecule has 0 saturated heterocycles. The molecule has 2 heterocycles. The lowest BCUT2D eigenvalue weighted by Crippen LogP contribution is -2.35. The van der Waals surface area contributed by atoms with E-state index < -0.39 is 10.0 Å². The predicted molar refractivity (Wildman–Crippen MR) is 74.2 cm³/mol. The SMILES string of the molecule is CC(Cn1ccnc1)NS(=O)(=O)c1ccc(CN)s1. The number of sulfonamides is 1. The van der Waals surface area contributed by atoms with Crippen LogP contribution in [0.2, 0.25) is 0 Å². The minimum atomic E-state index is -3.47. The van der Waals surface area contributed by atoms with Crippen LogP contribution in [0.4, 0.5) is 0 Å². The van der Waals surface area contributed by atoms with Crippen molar-refractivity contribution in [3.05, 3.63) is 35.7 Å². The zero-order chi connectivity index (χ0) is 13.9. The van der Waals surface area contributed by atoms with Gasteiger partial charge < -0.3 is 10.3 Å². The van der Waals surface area contributed by atoms with Crippen LogP contribution >= 0.6 is 11.3 Å². The third-order valence-corrected chi connectivity index (χ3v) is 5.69. The molecular formula is C11H16N4O2S2. The third kappa shape index (κ3) is 3.63. The minimum absolute atomic E-state index is 0.220. The van der Waals surface area contributed by atoms with Gasteiger partial charge in [-0.3, -0.25) is 0 Å². The number of rotatable bonds is 6. The molecule has 0 aliphatic rings. The molecule has 19 heavy (non-hydrogen) atoms. The van der Waals surface area contributed by atoms with Crippen molar-refractivity contribution in [1.82, 2.24) is 14.3 Å². The molecule has 2 rings (SSSR count). The highest BCUT2D eigenvalue weighted by Gasteiger charge is 2.19. The van der Waals surface area contributed by atoms with E-state index in [1.165, 1.54) is 11.3 Å². The maximum Gasteiger partial charge on any atom is 0.250 e. The number of hydrogen-bond acceptors (Lipinski definition) is 5. The minimum Gasteiger partial charge on any atom is -0.336 e. The summed E-state index contributed by atoms with van der Waals surface area (Å²) in [6.45, 7) is 2.70. The van der Waals surface area contributed by atoms with Crippen LogP contribution in [0.25, 0.3) is 0 Å². The van der Waals surface area contributed by atoms with E-state index in [2.05, 4.69) is 9.71 Å². The van der Waals surface area contributed by atoms with Gasteiger partial charge in [0, 0.05) is 36.4 Å². The van der Waals surface area contributed by atoms with Crippen molar-refractivity contribution in [2.75, 3.05) is 0 Å². The Kier molecular flexibility index (Phi) is 4.35. The molecular weight excluding hydrogens is 284 g/mol. The van der Waals surface area contributed by atoms with Crippen LogP contribution in [-0.2, 0) is 23.1 Å². The maximum atomic E-state index is 12.1. The molecule has 1 unspecified atom stereocenters. The van der Waals surface area contributed by atoms with Crippen molar-refractivity contribution in [3.8, 4) is 0 Å². The summed E-state index contributed by atoms with van der Waals surface area (Å²) in [6.07, 6.45) is 5.11. The molecule has 104 valence electrons. The van der Waals surface area contributed by atoms with Gasteiger partial charge in [-0.1, -0.05) is 0 Å². The van der Waals surface area contributed by atoms with E-state index in [4.69, 9.17) is 5.73 Å². The second-order valence-corrected chi connectivity index (χ2v) is 7.32. The monoisotopic (exact) mass is 300 g/mol. The lowest BCUT2D eigenvalue weighted by Gasteiger charge is -2.13. The standard InChI is InChI=1S/C11H16N4O2S2/c1-9(7-15-5-4-13-8-15)14-19(16,17)11-3-2-10(6-12)18-11/h2-5,8-9,14H,6-7,12H2,1H3. The van der Waals surface area contributed by atoms with Crippen molar-refractivity contribution in [3.63, 3.8) is 0 Å². The predicted octanol–water partition coefficient (Wildman–Crippen LogP) is 0.770. The van der Waals surface area contributed by atoms with Gasteiger partial charge in [0.1, 0.15) is 4.21 Å². The first-order chi connectivity index (χ1) is 9.01. The fraction of sp³-hybridized carbons (Fsp3) is 0.364. The van der Waals surface area contributed by atoms with E-state index in [9.17, 15) is 8.42 Å². The first kappa shape index (κ1) is 14.2. The smallest absolute Gasteiger partial charge is 0.250 e. The Morgan fingerprint density at radius 1 is 1.53 bits per heavy atom. The highest BCUT2D eigenvalue weighted by atomic mass is 32.2. The molecule has 2 aromatic heterocycles. The summed E-state index contributed by atoms with van der Waals surface area (Å²) >= 11 is 1.20. The molecule has 0 aromatic carbocycles. The van der Waals surface area contributed by atoms with Gasteiger partial charge in [-0.05, 0) is 19.1 Å². The maximum absolute atomic E-state index is 12.1. The molecule has 8 heteroatoms. The van der Waals surface area contributed by atoms with Gasteiger partial charge in [-0.15, -0.1) is 11.3 Å². The summed E-state index contributed by atoms with van der Waals surface area (Å²) < 4.78 is 29.0. The molecule has 0 amide bonds. The lowest BCUT2D eigenvalue weighted by atomic mass is 10.4. The van der Waals surface area contributed by atoms with Gasteiger partial charge in [0.25, 0.3) is 0 Å². The second kappa shape index (κ2) is 5.83. The van der Waals surface area contributed by atoms with Crippen LogP contribution in [0, 0.1) is 0 Å². The van der Waals surface area contributed by atoms with Gasteiger partial charge in [-0.2, -0.15) is 0 Å². The van der Waals surface area contributed by atoms with Crippen LogP contribution in [-0.4, -0.2) is 24.0 Å². The van der Waals surface area contributed by atoms with Crippen molar-refractivity contribution in [1.29, 1.82) is 0 Å². The number of aromatic nitrogens is 2. The molecule has 0 radical (unpaired) electrons. The quantitative estimate of drug-likeness (QED) is 0.824. The van der Waals surface area contributed by atoms with Crippen LogP contribution in [0.15, 0.2) is 35.1 Å². The number of thiophene rings is 1. The normalized spacial score (nSPS) is 13.6. The van der Waals surface area contributed by atoms with Gasteiger partial charge in [0.2, 0.25) is 10.0 Å². The Balaban J connectivity index is 2.04. The molecule has 0 aliphatic heterocycles. The Hall–Kier alpha value is -1.22. The van der Waals surface area contributed by atoms with Crippen LogP contribution in [0.5, 0.6) is 0 Å². The molecule has 0 bridgehead atoms. The summed E-state index contributed by atoms with van der Waals surface area (Å²) in [5, 5.41) is 0. The number of nitrogens with one attached hydrogen (secondary N) is 1. The highest BCUT2D eigenvalue weighted by molar-refractivity contribution is 7.91. The summed E-state index contributed by atoms with van der Waals surface area (Å²) in [6, 6.07) is 3.10. The number of nitrogens with two attached hydrogens (primary N) is 1. The molecule has 0 saturated carbocycles. The fourth-order valence-electron chi connectivity index (χ4n) is 1.68. The second-order valence-electron chi connectivity index (χ2n) is 4.21. The number of hydrogen-bond donors (Lipinski definition) is 2. The van der Waals surface area contributed by atoms with Crippen molar-refractivity contribution in [2.24, 2.45) is 5.73 Å². The van der Waals surface area contributed by atoms with Crippen LogP contribution in [0.1, 0.15) is 11.8 Å². The van der Waals surface area contributed by atoms with Gasteiger partial charge in [0.05, 0.1) is 6.33 Å². The fourth-order valence-corrected chi connectivity index (χ4v) is 4.17. The molecule has 2 aromatic rings. The highest BCUT2D eigenvalue weighted by Crippen LogP contribution is 2.21. The van der Waals surface area contributed by atoms with Crippen molar-refractivity contribution >= 4 is 21.4 Å². The first-order valence-electron chi connectivity index (χ1n) is 5.78. The summed E-state index contributed by atoms with van der Waals surface area (Å²) in [7, 11) is -3.47. The molecule has 0 aliphatic carbocycles. The lowest BCUT2D eigenvalue weighted by molar-refractivity contribution is 0.521. The van der Waals surface area contributed by atoms with E-state index in [1.54, 1.807) is 30.9 Å². The number of imidazole rings is 1. The van der Waals surface area contributed by atoms with Crippen molar-refractivity contribution < 1.29 is 8.42 Å². The molecule has 0 fully saturated rings. The zero-order valence-electron chi connectivity index (χ0n) is 10.5. The third-order valence-electron chi connectivity index (χ3n) is 2.50. The zero-order valence-corrected chi connectivity index (χ0v) is 12.1. The Labute approximate surface area is 116 Å². The summed E-state index contributed by atoms with van der Waals surface area (Å²) in [5.41, 5.74) is 5.48. The van der Waals surface area contributed by atoms with E-state index in [1.807, 2.05) is 11.5 Å². The molecule has 3 N–H and O–H groups in total. The topological polar surface area (TPSA) is 90.0 Å².